The minimum absolute atomic E-state index is 0.236. The van der Waals surface area contributed by atoms with Gasteiger partial charge in [0.25, 0.3) is 0 Å². The van der Waals surface area contributed by atoms with Crippen molar-refractivity contribution in [1.29, 1.82) is 0 Å². The molecule has 2 rings (SSSR count). The SMILES string of the molecule is CNc1ccc(/C=C/C=C/C2=NC(=C/C=C(\C)O)/C(C)S2)c(F)n1. The minimum atomic E-state index is -0.510. The van der Waals surface area contributed by atoms with Crippen molar-refractivity contribution in [2.45, 2.75) is 19.1 Å². The van der Waals surface area contributed by atoms with Gasteiger partial charge in [-0.25, -0.2) is 9.98 Å². The van der Waals surface area contributed by atoms with Crippen molar-refractivity contribution in [3.63, 3.8) is 0 Å². The van der Waals surface area contributed by atoms with Crippen LogP contribution in [0.2, 0.25) is 0 Å². The third kappa shape index (κ3) is 5.09. The molecule has 126 valence electrons. The molecule has 2 N–H and O–H groups in total. The second-order valence-electron chi connectivity index (χ2n) is 5.15. The van der Waals surface area contributed by atoms with Gasteiger partial charge in [0.15, 0.2) is 0 Å². The quantitative estimate of drug-likeness (QED) is 0.461. The van der Waals surface area contributed by atoms with Gasteiger partial charge in [-0.05, 0) is 44.2 Å². The Balaban J connectivity index is 2.03. The highest BCUT2D eigenvalue weighted by Crippen LogP contribution is 2.30. The summed E-state index contributed by atoms with van der Waals surface area (Å²) in [6.45, 7) is 3.68. The fourth-order valence-electron chi connectivity index (χ4n) is 1.95. The van der Waals surface area contributed by atoms with Gasteiger partial charge >= 0.3 is 0 Å². The Kier molecular flexibility index (Phi) is 6.37. The summed E-state index contributed by atoms with van der Waals surface area (Å²) in [5.41, 5.74) is 1.34. The van der Waals surface area contributed by atoms with Crippen LogP contribution in [0.1, 0.15) is 19.4 Å². The van der Waals surface area contributed by atoms with Gasteiger partial charge in [0.2, 0.25) is 5.95 Å². The first-order chi connectivity index (χ1) is 11.5. The standard InChI is InChI=1S/C18H20FN3OS/c1-12(23)8-10-15-13(2)24-17(21-15)7-5-4-6-14-9-11-16(20-3)22-18(14)19/h4-11,13,23H,1-3H3,(H,20,22)/b6-4+,7-5+,12-8+,15-10+. The van der Waals surface area contributed by atoms with E-state index in [1.807, 2.05) is 18.2 Å². The molecule has 0 spiro atoms. The van der Waals surface area contributed by atoms with E-state index in [2.05, 4.69) is 22.2 Å². The molecule has 1 aromatic rings. The van der Waals surface area contributed by atoms with Crippen molar-refractivity contribution in [3.8, 4) is 0 Å². The molecule has 4 nitrogen and oxygen atoms in total. The van der Waals surface area contributed by atoms with Gasteiger partial charge in [-0.2, -0.15) is 4.39 Å². The molecular weight excluding hydrogens is 325 g/mol. The third-order valence-electron chi connectivity index (χ3n) is 3.21. The molecule has 1 atom stereocenters. The van der Waals surface area contributed by atoms with Crippen LogP contribution >= 0.6 is 11.8 Å². The van der Waals surface area contributed by atoms with Gasteiger partial charge in [0.1, 0.15) is 5.82 Å². The van der Waals surface area contributed by atoms with E-state index in [1.165, 1.54) is 0 Å². The number of anilines is 1. The van der Waals surface area contributed by atoms with E-state index < -0.39 is 5.95 Å². The second-order valence-corrected chi connectivity index (χ2v) is 6.52. The number of thioether (sulfide) groups is 1. The molecule has 1 unspecified atom stereocenters. The van der Waals surface area contributed by atoms with E-state index in [0.29, 0.717) is 11.4 Å². The van der Waals surface area contributed by atoms with Crippen LogP contribution in [0.5, 0.6) is 0 Å². The van der Waals surface area contributed by atoms with Gasteiger partial charge in [-0.15, -0.1) is 0 Å². The van der Waals surface area contributed by atoms with Gasteiger partial charge in [-0.1, -0.05) is 30.0 Å². The van der Waals surface area contributed by atoms with Crippen LogP contribution in [0.25, 0.3) is 6.08 Å². The molecule has 0 radical (unpaired) electrons. The molecule has 0 saturated heterocycles. The van der Waals surface area contributed by atoms with Crippen LogP contribution in [0, 0.1) is 5.95 Å². The lowest BCUT2D eigenvalue weighted by molar-refractivity contribution is 0.414. The number of nitrogens with one attached hydrogen (secondary N) is 1. The lowest BCUT2D eigenvalue weighted by atomic mass is 10.2. The molecule has 2 heterocycles. The molecule has 1 aliphatic heterocycles. The number of hydrogen-bond acceptors (Lipinski definition) is 5. The molecule has 0 amide bonds. The van der Waals surface area contributed by atoms with Crippen LogP contribution in [-0.2, 0) is 0 Å². The van der Waals surface area contributed by atoms with Gasteiger partial charge < -0.3 is 10.4 Å². The van der Waals surface area contributed by atoms with E-state index in [9.17, 15) is 9.50 Å². The number of aromatic nitrogens is 1. The summed E-state index contributed by atoms with van der Waals surface area (Å²) in [6, 6.07) is 3.39. The van der Waals surface area contributed by atoms with Gasteiger partial charge in [-0.3, -0.25) is 0 Å². The maximum atomic E-state index is 13.7. The van der Waals surface area contributed by atoms with Crippen molar-refractivity contribution in [2.24, 2.45) is 4.99 Å². The Bertz CT molecular complexity index is 747. The Hall–Kier alpha value is -2.34. The van der Waals surface area contributed by atoms with Crippen molar-refractivity contribution in [2.75, 3.05) is 12.4 Å². The summed E-state index contributed by atoms with van der Waals surface area (Å²) < 4.78 is 13.7. The molecule has 1 aromatic heterocycles. The molecule has 0 aromatic carbocycles. The largest absolute Gasteiger partial charge is 0.513 e. The van der Waals surface area contributed by atoms with Crippen molar-refractivity contribution in [3.05, 3.63) is 65.5 Å². The molecular formula is C18H20FN3OS. The molecule has 0 fully saturated rings. The molecule has 1 aliphatic rings. The average molecular weight is 345 g/mol. The number of nitrogens with zero attached hydrogens (tertiary/aromatic N) is 2. The van der Waals surface area contributed by atoms with Crippen LogP contribution < -0.4 is 5.32 Å². The zero-order valence-corrected chi connectivity index (χ0v) is 14.6. The number of aliphatic hydroxyl groups excluding tert-OH is 1. The van der Waals surface area contributed by atoms with E-state index >= 15 is 0 Å². The van der Waals surface area contributed by atoms with Crippen LogP contribution in [0.3, 0.4) is 0 Å². The van der Waals surface area contributed by atoms with Crippen LogP contribution in [-0.4, -0.2) is 27.4 Å². The Labute approximate surface area is 145 Å². The topological polar surface area (TPSA) is 57.5 Å². The maximum Gasteiger partial charge on any atom is 0.222 e. The van der Waals surface area contributed by atoms with E-state index in [0.717, 1.165) is 10.7 Å². The third-order valence-corrected chi connectivity index (χ3v) is 4.27. The summed E-state index contributed by atoms with van der Waals surface area (Å²) in [5.74, 6) is 0.239. The summed E-state index contributed by atoms with van der Waals surface area (Å²) >= 11 is 1.64. The predicted molar refractivity (Wildman–Crippen MR) is 101 cm³/mol. The lowest BCUT2D eigenvalue weighted by Crippen LogP contribution is -1.95. The molecule has 0 bridgehead atoms. The first kappa shape index (κ1) is 18.0. The highest BCUT2D eigenvalue weighted by atomic mass is 32.2. The normalized spacial score (nSPS) is 20.3. The Morgan fingerprint density at radius 3 is 2.75 bits per heavy atom. The first-order valence-electron chi connectivity index (χ1n) is 7.51. The van der Waals surface area contributed by atoms with Crippen LogP contribution in [0.15, 0.2) is 59.0 Å². The number of allylic oxidation sites excluding steroid dienone is 5. The maximum absolute atomic E-state index is 13.7. The summed E-state index contributed by atoms with van der Waals surface area (Å²) in [7, 11) is 1.70. The monoisotopic (exact) mass is 345 g/mol. The van der Waals surface area contributed by atoms with Crippen LogP contribution in [0.4, 0.5) is 10.2 Å². The Morgan fingerprint density at radius 1 is 1.33 bits per heavy atom. The second kappa shape index (κ2) is 8.49. The minimum Gasteiger partial charge on any atom is -0.513 e. The number of aliphatic imine (C=N–C) groups is 1. The molecule has 6 heteroatoms. The number of hydrogen-bond donors (Lipinski definition) is 2. The number of rotatable bonds is 5. The fraction of sp³-hybridized carbons (Fsp3) is 0.222. The highest BCUT2D eigenvalue weighted by molar-refractivity contribution is 8.15. The molecule has 0 saturated carbocycles. The highest BCUT2D eigenvalue weighted by Gasteiger charge is 2.18. The summed E-state index contributed by atoms with van der Waals surface area (Å²) in [5, 5.41) is 13.1. The van der Waals surface area contributed by atoms with Crippen molar-refractivity contribution < 1.29 is 9.50 Å². The first-order valence-corrected chi connectivity index (χ1v) is 8.39. The zero-order chi connectivity index (χ0) is 17.5. The molecule has 24 heavy (non-hydrogen) atoms. The van der Waals surface area contributed by atoms with E-state index in [1.54, 1.807) is 56.1 Å². The number of halogens is 1. The van der Waals surface area contributed by atoms with Crippen molar-refractivity contribution >= 4 is 28.7 Å². The van der Waals surface area contributed by atoms with E-state index in [-0.39, 0.29) is 11.0 Å². The predicted octanol–water partition coefficient (Wildman–Crippen LogP) is 4.71. The Morgan fingerprint density at radius 2 is 2.08 bits per heavy atom. The smallest absolute Gasteiger partial charge is 0.222 e. The van der Waals surface area contributed by atoms with Gasteiger partial charge in [0.05, 0.1) is 21.7 Å². The van der Waals surface area contributed by atoms with Gasteiger partial charge in [0, 0.05) is 12.6 Å². The average Bonchev–Trinajstić information content (AvgIpc) is 2.90. The zero-order valence-electron chi connectivity index (χ0n) is 13.8. The fourth-order valence-corrected chi connectivity index (χ4v) is 2.88. The van der Waals surface area contributed by atoms with Crippen molar-refractivity contribution in [1.82, 2.24) is 4.98 Å². The summed E-state index contributed by atoms with van der Waals surface area (Å²) in [6.07, 6.45) is 10.6. The number of pyridine rings is 1. The molecule has 0 aliphatic carbocycles. The summed E-state index contributed by atoms with van der Waals surface area (Å²) in [4.78, 5) is 8.28. The number of aliphatic hydroxyl groups is 1. The lowest BCUT2D eigenvalue weighted by Gasteiger charge is -2.00. The van der Waals surface area contributed by atoms with E-state index in [4.69, 9.17) is 0 Å².